The third-order valence-corrected chi connectivity index (χ3v) is 2.78. The first kappa shape index (κ1) is 10.6. The van der Waals surface area contributed by atoms with Gasteiger partial charge < -0.3 is 11.1 Å². The number of anilines is 2. The van der Waals surface area contributed by atoms with E-state index in [9.17, 15) is 0 Å². The van der Waals surface area contributed by atoms with Crippen LogP contribution in [0, 0.1) is 6.92 Å². The number of rotatable bonds is 2. The minimum atomic E-state index is 0.813. The molecular weight excluding hydrogens is 196 g/mol. The van der Waals surface area contributed by atoms with Gasteiger partial charge in [-0.2, -0.15) is 0 Å². The van der Waals surface area contributed by atoms with Gasteiger partial charge >= 0.3 is 0 Å². The van der Waals surface area contributed by atoms with Crippen molar-refractivity contribution in [2.75, 3.05) is 18.1 Å². The second kappa shape index (κ2) is 4.27. The maximum atomic E-state index is 6.02. The van der Waals surface area contributed by atoms with Gasteiger partial charge in [-0.25, -0.2) is 0 Å². The molecule has 82 valence electrons. The molecule has 0 amide bonds. The SMILES string of the molecule is CNc1ccc(N)c(-c2ccccc2C)c1. The second-order valence-corrected chi connectivity index (χ2v) is 3.87. The summed E-state index contributed by atoms with van der Waals surface area (Å²) in [6, 6.07) is 14.3. The first-order valence-corrected chi connectivity index (χ1v) is 5.35. The fraction of sp³-hybridized carbons (Fsp3) is 0.143. The molecule has 16 heavy (non-hydrogen) atoms. The van der Waals surface area contributed by atoms with Gasteiger partial charge in [0, 0.05) is 24.0 Å². The van der Waals surface area contributed by atoms with Crippen molar-refractivity contribution in [2.45, 2.75) is 6.92 Å². The Labute approximate surface area is 96.1 Å². The van der Waals surface area contributed by atoms with Crippen LogP contribution in [0.15, 0.2) is 42.5 Å². The quantitative estimate of drug-likeness (QED) is 0.750. The van der Waals surface area contributed by atoms with Crippen LogP contribution in [0.2, 0.25) is 0 Å². The third kappa shape index (κ3) is 1.87. The molecule has 0 saturated carbocycles. The Bertz CT molecular complexity index is 504. The highest BCUT2D eigenvalue weighted by atomic mass is 14.8. The molecule has 2 rings (SSSR count). The zero-order chi connectivity index (χ0) is 11.5. The molecule has 0 radical (unpaired) electrons. The Morgan fingerprint density at radius 1 is 1.00 bits per heavy atom. The van der Waals surface area contributed by atoms with E-state index in [1.165, 1.54) is 11.1 Å². The number of hydrogen-bond donors (Lipinski definition) is 2. The summed E-state index contributed by atoms with van der Waals surface area (Å²) in [6.07, 6.45) is 0. The molecule has 0 saturated heterocycles. The lowest BCUT2D eigenvalue weighted by atomic mass is 9.99. The van der Waals surface area contributed by atoms with Crippen molar-refractivity contribution in [3.8, 4) is 11.1 Å². The van der Waals surface area contributed by atoms with Crippen LogP contribution >= 0.6 is 0 Å². The molecule has 2 nitrogen and oxygen atoms in total. The van der Waals surface area contributed by atoms with Gasteiger partial charge in [-0.3, -0.25) is 0 Å². The largest absolute Gasteiger partial charge is 0.398 e. The van der Waals surface area contributed by atoms with Crippen LogP contribution in [0.25, 0.3) is 11.1 Å². The van der Waals surface area contributed by atoms with Gasteiger partial charge in [-0.05, 0) is 36.2 Å². The zero-order valence-electron chi connectivity index (χ0n) is 9.62. The average molecular weight is 212 g/mol. The van der Waals surface area contributed by atoms with E-state index in [2.05, 4.69) is 30.4 Å². The van der Waals surface area contributed by atoms with Gasteiger partial charge in [-0.15, -0.1) is 0 Å². The number of nitrogen functional groups attached to an aromatic ring is 1. The number of nitrogens with one attached hydrogen (secondary N) is 1. The first-order valence-electron chi connectivity index (χ1n) is 5.35. The van der Waals surface area contributed by atoms with Crippen LogP contribution in [-0.4, -0.2) is 7.05 Å². The minimum Gasteiger partial charge on any atom is -0.398 e. The van der Waals surface area contributed by atoms with E-state index >= 15 is 0 Å². The lowest BCUT2D eigenvalue weighted by Gasteiger charge is -2.11. The summed E-state index contributed by atoms with van der Waals surface area (Å²) >= 11 is 0. The maximum absolute atomic E-state index is 6.02. The molecule has 0 heterocycles. The van der Waals surface area contributed by atoms with E-state index in [4.69, 9.17) is 5.73 Å². The summed E-state index contributed by atoms with van der Waals surface area (Å²) in [5.41, 5.74) is 11.4. The lowest BCUT2D eigenvalue weighted by Crippen LogP contribution is -1.94. The van der Waals surface area contributed by atoms with E-state index < -0.39 is 0 Å². The second-order valence-electron chi connectivity index (χ2n) is 3.87. The van der Waals surface area contributed by atoms with E-state index in [0.717, 1.165) is 16.9 Å². The molecule has 0 atom stereocenters. The predicted octanol–water partition coefficient (Wildman–Crippen LogP) is 3.29. The van der Waals surface area contributed by atoms with Crippen molar-refractivity contribution in [3.63, 3.8) is 0 Å². The van der Waals surface area contributed by atoms with Gasteiger partial charge in [0.15, 0.2) is 0 Å². The van der Waals surface area contributed by atoms with Gasteiger partial charge in [0.05, 0.1) is 0 Å². The molecule has 0 spiro atoms. The molecule has 2 aromatic rings. The molecule has 0 aliphatic carbocycles. The molecule has 2 heteroatoms. The molecule has 3 N–H and O–H groups in total. The summed E-state index contributed by atoms with van der Waals surface area (Å²) in [4.78, 5) is 0. The van der Waals surface area contributed by atoms with Crippen molar-refractivity contribution < 1.29 is 0 Å². The van der Waals surface area contributed by atoms with Crippen molar-refractivity contribution in [3.05, 3.63) is 48.0 Å². The molecule has 2 aromatic carbocycles. The fourth-order valence-corrected chi connectivity index (χ4v) is 1.82. The molecule has 0 aliphatic rings. The van der Waals surface area contributed by atoms with Crippen LogP contribution in [0.1, 0.15) is 5.56 Å². The minimum absolute atomic E-state index is 0.813. The summed E-state index contributed by atoms with van der Waals surface area (Å²) in [6.45, 7) is 2.10. The fourth-order valence-electron chi connectivity index (χ4n) is 1.82. The molecule has 0 unspecified atom stereocenters. The van der Waals surface area contributed by atoms with Crippen molar-refractivity contribution in [2.24, 2.45) is 0 Å². The standard InChI is InChI=1S/C14H16N2/c1-10-5-3-4-6-12(10)13-9-11(16-2)7-8-14(13)15/h3-9,16H,15H2,1-2H3. The normalized spacial score (nSPS) is 10.1. The summed E-state index contributed by atoms with van der Waals surface area (Å²) in [5, 5.41) is 3.13. The number of nitrogens with two attached hydrogens (primary N) is 1. The molecule has 0 fully saturated rings. The van der Waals surface area contributed by atoms with Crippen LogP contribution in [0.4, 0.5) is 11.4 Å². The molecule has 0 aliphatic heterocycles. The number of benzene rings is 2. The highest BCUT2D eigenvalue weighted by Gasteiger charge is 2.05. The Balaban J connectivity index is 2.59. The van der Waals surface area contributed by atoms with Crippen molar-refractivity contribution >= 4 is 11.4 Å². The van der Waals surface area contributed by atoms with E-state index in [1.807, 2.05) is 31.3 Å². The lowest BCUT2D eigenvalue weighted by molar-refractivity contribution is 1.45. The maximum Gasteiger partial charge on any atom is 0.0395 e. The molecule has 0 aromatic heterocycles. The van der Waals surface area contributed by atoms with Crippen LogP contribution in [-0.2, 0) is 0 Å². The highest BCUT2D eigenvalue weighted by molar-refractivity contribution is 5.81. The highest BCUT2D eigenvalue weighted by Crippen LogP contribution is 2.30. The summed E-state index contributed by atoms with van der Waals surface area (Å²) in [7, 11) is 1.91. The van der Waals surface area contributed by atoms with Gasteiger partial charge in [0.25, 0.3) is 0 Å². The van der Waals surface area contributed by atoms with E-state index in [1.54, 1.807) is 0 Å². The summed E-state index contributed by atoms with van der Waals surface area (Å²) < 4.78 is 0. The van der Waals surface area contributed by atoms with Crippen LogP contribution < -0.4 is 11.1 Å². The summed E-state index contributed by atoms with van der Waals surface area (Å²) in [5.74, 6) is 0. The monoisotopic (exact) mass is 212 g/mol. The van der Waals surface area contributed by atoms with Gasteiger partial charge in [0.2, 0.25) is 0 Å². The van der Waals surface area contributed by atoms with Crippen LogP contribution in [0.5, 0.6) is 0 Å². The Morgan fingerprint density at radius 3 is 2.44 bits per heavy atom. The number of hydrogen-bond acceptors (Lipinski definition) is 2. The Kier molecular flexibility index (Phi) is 2.82. The molecular formula is C14H16N2. The smallest absolute Gasteiger partial charge is 0.0395 e. The Morgan fingerprint density at radius 2 is 1.75 bits per heavy atom. The third-order valence-electron chi connectivity index (χ3n) is 2.78. The van der Waals surface area contributed by atoms with Gasteiger partial charge in [-0.1, -0.05) is 24.3 Å². The zero-order valence-corrected chi connectivity index (χ0v) is 9.62. The average Bonchev–Trinajstić information content (AvgIpc) is 2.31. The van der Waals surface area contributed by atoms with Gasteiger partial charge in [0.1, 0.15) is 0 Å². The number of aryl methyl sites for hydroxylation is 1. The van der Waals surface area contributed by atoms with E-state index in [-0.39, 0.29) is 0 Å². The van der Waals surface area contributed by atoms with E-state index in [0.29, 0.717) is 0 Å². The predicted molar refractivity (Wildman–Crippen MR) is 70.6 cm³/mol. The van der Waals surface area contributed by atoms with Crippen LogP contribution in [0.3, 0.4) is 0 Å². The molecule has 0 bridgehead atoms. The van der Waals surface area contributed by atoms with Crippen molar-refractivity contribution in [1.29, 1.82) is 0 Å². The topological polar surface area (TPSA) is 38.0 Å². The van der Waals surface area contributed by atoms with Crippen molar-refractivity contribution in [1.82, 2.24) is 0 Å². The first-order chi connectivity index (χ1) is 7.72. The Hall–Kier alpha value is -1.96.